The van der Waals surface area contributed by atoms with Crippen molar-refractivity contribution in [2.24, 2.45) is 0 Å². The molecule has 3 heterocycles. The molecule has 6 nitrogen and oxygen atoms in total. The van der Waals surface area contributed by atoms with Crippen LogP contribution in [0.3, 0.4) is 0 Å². The number of aromatic nitrogens is 1. The number of hydrogen-bond donors (Lipinski definition) is 2. The minimum Gasteiger partial charge on any atom is -0.492 e. The van der Waals surface area contributed by atoms with Gasteiger partial charge in [-0.25, -0.2) is 4.98 Å². The van der Waals surface area contributed by atoms with Crippen molar-refractivity contribution in [3.05, 3.63) is 84.2 Å². The number of alkyl halides is 3. The predicted molar refractivity (Wildman–Crippen MR) is 168 cm³/mol. The lowest BCUT2D eigenvalue weighted by Gasteiger charge is -2.40. The standard InChI is InChI=1S/C31H30Cl3F3N4O2S/c32-23-9-6-18(31(35,36)37)11-26(23)43-10-2-4-19-16-44-29(40-19)22-12-20-13-38-14-25(39-20)27(22)30(42)41(21-7-8-21)15-17-3-1-5-24(33)28(17)34/h1,3,5-6,9,11,16,20-21,25,38-39H,2,4,7-8,10,12-15H2/t20-,25-/m1/s1. The van der Waals surface area contributed by atoms with E-state index in [4.69, 9.17) is 44.5 Å². The Morgan fingerprint density at radius 1 is 1.11 bits per heavy atom. The quantitative estimate of drug-likeness (QED) is 0.218. The molecular weight excluding hydrogens is 656 g/mol. The summed E-state index contributed by atoms with van der Waals surface area (Å²) >= 11 is 20.4. The van der Waals surface area contributed by atoms with Crippen LogP contribution < -0.4 is 15.4 Å². The monoisotopic (exact) mass is 684 g/mol. The number of rotatable bonds is 10. The van der Waals surface area contributed by atoms with Crippen molar-refractivity contribution < 1.29 is 22.7 Å². The lowest BCUT2D eigenvalue weighted by molar-refractivity contribution is -0.137. The fraction of sp³-hybridized carbons (Fsp3) is 0.419. The number of aryl methyl sites for hydroxylation is 1. The molecule has 1 saturated heterocycles. The highest BCUT2D eigenvalue weighted by Crippen LogP contribution is 2.39. The Labute approximate surface area is 272 Å². The van der Waals surface area contributed by atoms with Gasteiger partial charge in [0.05, 0.1) is 39.0 Å². The van der Waals surface area contributed by atoms with Gasteiger partial charge in [-0.1, -0.05) is 46.9 Å². The van der Waals surface area contributed by atoms with Crippen molar-refractivity contribution >= 4 is 57.6 Å². The second-order valence-corrected chi connectivity index (χ2v) is 13.3. The van der Waals surface area contributed by atoms with Crippen LogP contribution in [-0.2, 0) is 23.9 Å². The van der Waals surface area contributed by atoms with Crippen molar-refractivity contribution in [1.29, 1.82) is 0 Å². The fourth-order valence-electron chi connectivity index (χ4n) is 5.72. The molecule has 2 aliphatic heterocycles. The Bertz CT molecular complexity index is 1580. The Morgan fingerprint density at radius 3 is 2.70 bits per heavy atom. The maximum Gasteiger partial charge on any atom is 0.416 e. The first-order chi connectivity index (χ1) is 21.1. The molecule has 3 aliphatic rings. The van der Waals surface area contributed by atoms with Gasteiger partial charge in [-0.2, -0.15) is 13.2 Å². The molecule has 1 aliphatic carbocycles. The van der Waals surface area contributed by atoms with E-state index in [1.165, 1.54) is 17.4 Å². The molecule has 13 heteroatoms. The molecule has 2 aromatic carbocycles. The lowest BCUT2D eigenvalue weighted by atomic mass is 9.87. The van der Waals surface area contributed by atoms with Gasteiger partial charge in [0.25, 0.3) is 5.91 Å². The maximum atomic E-state index is 14.3. The van der Waals surface area contributed by atoms with Crippen LogP contribution in [-0.4, -0.2) is 53.6 Å². The number of carbonyl (C=O) groups excluding carboxylic acids is 1. The molecule has 2 N–H and O–H groups in total. The van der Waals surface area contributed by atoms with Gasteiger partial charge in [-0.15, -0.1) is 11.3 Å². The first-order valence-corrected chi connectivity index (χ1v) is 16.5. The van der Waals surface area contributed by atoms with E-state index in [1.54, 1.807) is 6.07 Å². The molecular formula is C31H30Cl3F3N4O2S. The number of hydrogen-bond acceptors (Lipinski definition) is 6. The summed E-state index contributed by atoms with van der Waals surface area (Å²) in [6.07, 6.45) is -0.812. The third-order valence-corrected chi connectivity index (χ3v) is 10.2. The minimum atomic E-state index is -4.48. The smallest absolute Gasteiger partial charge is 0.416 e. The maximum absolute atomic E-state index is 14.3. The first kappa shape index (κ1) is 31.6. The summed E-state index contributed by atoms with van der Waals surface area (Å²) in [5, 5.41) is 10.9. The lowest BCUT2D eigenvalue weighted by Crippen LogP contribution is -2.60. The Hall–Kier alpha value is -2.34. The van der Waals surface area contributed by atoms with Gasteiger partial charge < -0.3 is 20.3 Å². The Morgan fingerprint density at radius 2 is 1.93 bits per heavy atom. The SMILES string of the molecule is O=C(C1=C(c2nc(CCCOc3cc(C(F)(F)F)ccc3Cl)cs2)C[C@@H]2CNC[C@H]1N2)N(Cc1cccc(Cl)c1Cl)C1CC1. The van der Waals surface area contributed by atoms with E-state index in [2.05, 4.69) is 10.6 Å². The van der Waals surface area contributed by atoms with Gasteiger partial charge in [0.2, 0.25) is 0 Å². The molecule has 0 radical (unpaired) electrons. The van der Waals surface area contributed by atoms with Gasteiger partial charge >= 0.3 is 6.18 Å². The van der Waals surface area contributed by atoms with E-state index in [0.717, 1.165) is 58.9 Å². The largest absolute Gasteiger partial charge is 0.492 e. The molecule has 6 rings (SSSR count). The minimum absolute atomic E-state index is 0.00269. The number of nitrogens with zero attached hydrogens (tertiary/aromatic N) is 2. The van der Waals surface area contributed by atoms with Crippen LogP contribution in [0.15, 0.2) is 47.4 Å². The van der Waals surface area contributed by atoms with E-state index in [1.807, 2.05) is 22.4 Å². The van der Waals surface area contributed by atoms with Crippen molar-refractivity contribution in [2.75, 3.05) is 19.7 Å². The van der Waals surface area contributed by atoms with Crippen LogP contribution in [0.5, 0.6) is 5.75 Å². The van der Waals surface area contributed by atoms with Crippen molar-refractivity contribution in [2.45, 2.75) is 63.0 Å². The molecule has 2 bridgehead atoms. The molecule has 1 saturated carbocycles. The number of piperazine rings is 1. The molecule has 2 atom stereocenters. The fourth-order valence-corrected chi connectivity index (χ4v) is 7.19. The average molecular weight is 686 g/mol. The van der Waals surface area contributed by atoms with Crippen LogP contribution in [0.2, 0.25) is 15.1 Å². The van der Waals surface area contributed by atoms with Crippen LogP contribution in [0.25, 0.3) is 5.57 Å². The first-order valence-electron chi connectivity index (χ1n) is 14.5. The summed E-state index contributed by atoms with van der Waals surface area (Å²) in [7, 11) is 0. The van der Waals surface area contributed by atoms with Crippen molar-refractivity contribution in [3.8, 4) is 5.75 Å². The number of ether oxygens (including phenoxy) is 1. The highest BCUT2D eigenvalue weighted by molar-refractivity contribution is 7.10. The third-order valence-electron chi connectivity index (χ3n) is 8.05. The summed E-state index contributed by atoms with van der Waals surface area (Å²) in [5.41, 5.74) is 2.56. The van der Waals surface area contributed by atoms with Crippen molar-refractivity contribution in [3.63, 3.8) is 0 Å². The van der Waals surface area contributed by atoms with E-state index in [9.17, 15) is 18.0 Å². The van der Waals surface area contributed by atoms with E-state index in [-0.39, 0.29) is 41.4 Å². The number of benzene rings is 2. The highest BCUT2D eigenvalue weighted by atomic mass is 35.5. The van der Waals surface area contributed by atoms with Gasteiger partial charge in [-0.3, -0.25) is 4.79 Å². The summed E-state index contributed by atoms with van der Waals surface area (Å²) in [5.74, 6) is -0.00999. The van der Waals surface area contributed by atoms with Gasteiger partial charge in [0.15, 0.2) is 0 Å². The number of thiazole rings is 1. The zero-order chi connectivity index (χ0) is 31.0. The number of fused-ring (bicyclic) bond motifs is 2. The summed E-state index contributed by atoms with van der Waals surface area (Å²) in [4.78, 5) is 21.2. The summed E-state index contributed by atoms with van der Waals surface area (Å²) in [6.45, 7) is 2.01. The van der Waals surface area contributed by atoms with Gasteiger partial charge in [0.1, 0.15) is 10.8 Å². The molecule has 234 valence electrons. The summed E-state index contributed by atoms with van der Waals surface area (Å²) in [6, 6.07) is 8.73. The van der Waals surface area contributed by atoms with Gasteiger partial charge in [-0.05, 0) is 67.5 Å². The van der Waals surface area contributed by atoms with Crippen LogP contribution in [0.4, 0.5) is 13.2 Å². The van der Waals surface area contributed by atoms with Crippen LogP contribution >= 0.6 is 46.1 Å². The number of amides is 1. The molecule has 1 aromatic heterocycles. The normalized spacial score (nSPS) is 20.1. The van der Waals surface area contributed by atoms with E-state index >= 15 is 0 Å². The third kappa shape index (κ3) is 7.06. The zero-order valence-electron chi connectivity index (χ0n) is 23.5. The zero-order valence-corrected chi connectivity index (χ0v) is 26.6. The number of halogens is 6. The number of carbonyl (C=O) groups is 1. The average Bonchev–Trinajstić information content (AvgIpc) is 3.72. The Balaban J connectivity index is 1.19. The van der Waals surface area contributed by atoms with Crippen LogP contribution in [0.1, 0.15) is 47.5 Å². The molecule has 1 amide bonds. The predicted octanol–water partition coefficient (Wildman–Crippen LogP) is 7.41. The topological polar surface area (TPSA) is 66.5 Å². The second kappa shape index (κ2) is 13.2. The van der Waals surface area contributed by atoms with E-state index < -0.39 is 11.7 Å². The molecule has 0 unspecified atom stereocenters. The number of nitrogens with one attached hydrogen (secondary N) is 2. The molecule has 2 fully saturated rings. The molecule has 0 spiro atoms. The molecule has 44 heavy (non-hydrogen) atoms. The second-order valence-electron chi connectivity index (χ2n) is 11.3. The Kier molecular flexibility index (Phi) is 9.48. The highest BCUT2D eigenvalue weighted by Gasteiger charge is 2.41. The van der Waals surface area contributed by atoms with E-state index in [0.29, 0.717) is 42.4 Å². The van der Waals surface area contributed by atoms with Crippen molar-refractivity contribution in [1.82, 2.24) is 20.5 Å². The van der Waals surface area contributed by atoms with Gasteiger partial charge in [0, 0.05) is 42.7 Å². The van der Waals surface area contributed by atoms with Crippen LogP contribution in [0, 0.1) is 0 Å². The molecule has 3 aromatic rings. The summed E-state index contributed by atoms with van der Waals surface area (Å²) < 4.78 is 44.8.